The summed E-state index contributed by atoms with van der Waals surface area (Å²) >= 11 is 1.01. The van der Waals surface area contributed by atoms with Crippen LogP contribution in [0.3, 0.4) is 0 Å². The molecule has 2 N–H and O–H groups in total. The highest BCUT2D eigenvalue weighted by molar-refractivity contribution is 8.13. The molecule has 1 aromatic rings. The summed E-state index contributed by atoms with van der Waals surface area (Å²) < 4.78 is 0. The Hall–Kier alpha value is -1.82. The van der Waals surface area contributed by atoms with E-state index in [1.807, 2.05) is 13.8 Å². The molecule has 5 nitrogen and oxygen atoms in total. The second-order valence-corrected chi connectivity index (χ2v) is 4.98. The molecule has 0 aliphatic rings. The van der Waals surface area contributed by atoms with E-state index in [4.69, 9.17) is 0 Å². The van der Waals surface area contributed by atoms with Crippen molar-refractivity contribution < 1.29 is 14.4 Å². The Labute approximate surface area is 116 Å². The van der Waals surface area contributed by atoms with E-state index in [1.165, 1.54) is 0 Å². The minimum atomic E-state index is -0.806. The standard InChI is InChI=1S/C13H16N2O3S/c1-3-8-19-13(18)15-12(17)14-11(16)10-6-4-9(2)5-7-10/h4-7H,3,8H2,1-2H3,(H2,14,15,16,17,18). The van der Waals surface area contributed by atoms with Gasteiger partial charge < -0.3 is 0 Å². The lowest BCUT2D eigenvalue weighted by molar-refractivity contribution is 0.0965. The number of thioether (sulfide) groups is 1. The van der Waals surface area contributed by atoms with Crippen molar-refractivity contribution in [1.82, 2.24) is 10.6 Å². The van der Waals surface area contributed by atoms with Crippen molar-refractivity contribution in [3.8, 4) is 0 Å². The largest absolute Gasteiger partial charge is 0.329 e. The molecule has 0 fully saturated rings. The minimum absolute atomic E-state index is 0.370. The van der Waals surface area contributed by atoms with Crippen molar-refractivity contribution >= 4 is 28.9 Å². The maximum Gasteiger partial charge on any atom is 0.329 e. The number of amides is 4. The average molecular weight is 280 g/mol. The first-order valence-electron chi connectivity index (χ1n) is 5.88. The number of aryl methyl sites for hydroxylation is 1. The van der Waals surface area contributed by atoms with Crippen LogP contribution in [-0.2, 0) is 0 Å². The van der Waals surface area contributed by atoms with Crippen molar-refractivity contribution in [3.63, 3.8) is 0 Å². The SMILES string of the molecule is CCCSC(=O)NC(=O)NC(=O)c1ccc(C)cc1. The van der Waals surface area contributed by atoms with Gasteiger partial charge in [0.25, 0.3) is 11.1 Å². The zero-order chi connectivity index (χ0) is 14.3. The van der Waals surface area contributed by atoms with E-state index < -0.39 is 17.2 Å². The van der Waals surface area contributed by atoms with E-state index in [0.717, 1.165) is 23.7 Å². The van der Waals surface area contributed by atoms with Crippen LogP contribution in [0.1, 0.15) is 29.3 Å². The molecule has 1 aromatic carbocycles. The molecule has 0 unspecified atom stereocenters. The molecule has 4 amide bonds. The van der Waals surface area contributed by atoms with E-state index in [9.17, 15) is 14.4 Å². The van der Waals surface area contributed by atoms with E-state index in [-0.39, 0.29) is 0 Å². The molecule has 0 radical (unpaired) electrons. The number of nitrogens with one attached hydrogen (secondary N) is 2. The number of hydrogen-bond acceptors (Lipinski definition) is 4. The molecule has 0 bridgehead atoms. The Morgan fingerprint density at radius 1 is 1.11 bits per heavy atom. The molecule has 0 spiro atoms. The van der Waals surface area contributed by atoms with Gasteiger partial charge >= 0.3 is 6.03 Å². The summed E-state index contributed by atoms with van der Waals surface area (Å²) in [6.45, 7) is 3.83. The molecule has 1 rings (SSSR count). The van der Waals surface area contributed by atoms with E-state index >= 15 is 0 Å². The average Bonchev–Trinajstić information content (AvgIpc) is 2.36. The summed E-state index contributed by atoms with van der Waals surface area (Å²) in [5, 5.41) is 3.72. The number of carbonyl (C=O) groups is 3. The number of benzene rings is 1. The molecule has 0 heterocycles. The minimum Gasteiger partial charge on any atom is -0.274 e. The van der Waals surface area contributed by atoms with Crippen LogP contribution in [0, 0.1) is 6.92 Å². The number of urea groups is 1. The van der Waals surface area contributed by atoms with E-state index in [2.05, 4.69) is 10.6 Å². The predicted octanol–water partition coefficient (Wildman–Crippen LogP) is 2.70. The van der Waals surface area contributed by atoms with Gasteiger partial charge in [-0.05, 0) is 25.5 Å². The lowest BCUT2D eigenvalue weighted by Crippen LogP contribution is -2.41. The quantitative estimate of drug-likeness (QED) is 0.892. The summed E-state index contributed by atoms with van der Waals surface area (Å²) in [5.74, 6) is 0.0937. The fourth-order valence-electron chi connectivity index (χ4n) is 1.24. The van der Waals surface area contributed by atoms with Crippen LogP contribution >= 0.6 is 11.8 Å². The van der Waals surface area contributed by atoms with Gasteiger partial charge in [-0.15, -0.1) is 0 Å². The Kier molecular flexibility index (Phi) is 6.08. The van der Waals surface area contributed by atoms with Gasteiger partial charge in [-0.3, -0.25) is 20.2 Å². The fourth-order valence-corrected chi connectivity index (χ4v) is 1.79. The van der Waals surface area contributed by atoms with Gasteiger partial charge in [0.2, 0.25) is 0 Å². The first kappa shape index (κ1) is 15.2. The summed E-state index contributed by atoms with van der Waals surface area (Å²) in [4.78, 5) is 34.3. The maximum absolute atomic E-state index is 11.7. The number of hydrogen-bond donors (Lipinski definition) is 2. The lowest BCUT2D eigenvalue weighted by Gasteiger charge is -2.05. The highest BCUT2D eigenvalue weighted by Crippen LogP contribution is 2.04. The van der Waals surface area contributed by atoms with Gasteiger partial charge in [0.05, 0.1) is 0 Å². The molecular weight excluding hydrogens is 264 g/mol. The van der Waals surface area contributed by atoms with E-state index in [1.54, 1.807) is 24.3 Å². The van der Waals surface area contributed by atoms with Crippen molar-refractivity contribution in [1.29, 1.82) is 0 Å². The molecule has 0 atom stereocenters. The van der Waals surface area contributed by atoms with Crippen LogP contribution in [0.25, 0.3) is 0 Å². The molecule has 0 aliphatic heterocycles. The Bertz CT molecular complexity index is 471. The van der Waals surface area contributed by atoms with Crippen LogP contribution in [-0.4, -0.2) is 22.9 Å². The van der Waals surface area contributed by atoms with Gasteiger partial charge in [0.1, 0.15) is 0 Å². The zero-order valence-corrected chi connectivity index (χ0v) is 11.7. The summed E-state index contributed by atoms with van der Waals surface area (Å²) in [6.07, 6.45) is 0.835. The normalized spacial score (nSPS) is 9.79. The van der Waals surface area contributed by atoms with Crippen LogP contribution in [0.2, 0.25) is 0 Å². The number of carbonyl (C=O) groups excluding carboxylic acids is 3. The predicted molar refractivity (Wildman–Crippen MR) is 75.3 cm³/mol. The third kappa shape index (κ3) is 5.56. The second-order valence-electron chi connectivity index (χ2n) is 3.91. The summed E-state index contributed by atoms with van der Waals surface area (Å²) in [5.41, 5.74) is 1.39. The van der Waals surface area contributed by atoms with Crippen LogP contribution in [0.4, 0.5) is 9.59 Å². The second kappa shape index (κ2) is 7.58. The highest BCUT2D eigenvalue weighted by atomic mass is 32.2. The summed E-state index contributed by atoms with van der Waals surface area (Å²) in [6, 6.07) is 5.97. The Balaban J connectivity index is 2.46. The number of rotatable bonds is 3. The maximum atomic E-state index is 11.7. The molecule has 0 aromatic heterocycles. The van der Waals surface area contributed by atoms with Gasteiger partial charge in [-0.2, -0.15) is 0 Å². The van der Waals surface area contributed by atoms with Gasteiger partial charge in [0.15, 0.2) is 0 Å². The lowest BCUT2D eigenvalue weighted by atomic mass is 10.1. The molecule has 0 saturated carbocycles. The number of imide groups is 2. The van der Waals surface area contributed by atoms with Crippen LogP contribution < -0.4 is 10.6 Å². The third-order valence-corrected chi connectivity index (χ3v) is 3.17. The topological polar surface area (TPSA) is 75.3 Å². The smallest absolute Gasteiger partial charge is 0.274 e. The molecular formula is C13H16N2O3S. The van der Waals surface area contributed by atoms with Crippen molar-refractivity contribution in [2.75, 3.05) is 5.75 Å². The van der Waals surface area contributed by atoms with E-state index in [0.29, 0.717) is 11.3 Å². The van der Waals surface area contributed by atoms with Crippen LogP contribution in [0.5, 0.6) is 0 Å². The molecule has 6 heteroatoms. The first-order valence-corrected chi connectivity index (χ1v) is 6.87. The molecule has 19 heavy (non-hydrogen) atoms. The molecule has 0 aliphatic carbocycles. The highest BCUT2D eigenvalue weighted by Gasteiger charge is 2.12. The van der Waals surface area contributed by atoms with Crippen molar-refractivity contribution in [2.24, 2.45) is 0 Å². The monoisotopic (exact) mass is 280 g/mol. The zero-order valence-electron chi connectivity index (χ0n) is 10.9. The van der Waals surface area contributed by atoms with Crippen LogP contribution in [0.15, 0.2) is 24.3 Å². The fraction of sp³-hybridized carbons (Fsp3) is 0.308. The van der Waals surface area contributed by atoms with Gasteiger partial charge in [-0.1, -0.05) is 36.4 Å². The first-order chi connectivity index (χ1) is 9.02. The molecule has 102 valence electrons. The third-order valence-electron chi connectivity index (χ3n) is 2.19. The molecule has 0 saturated heterocycles. The van der Waals surface area contributed by atoms with Gasteiger partial charge in [0, 0.05) is 11.3 Å². The Morgan fingerprint density at radius 3 is 2.32 bits per heavy atom. The summed E-state index contributed by atoms with van der Waals surface area (Å²) in [7, 11) is 0. The van der Waals surface area contributed by atoms with Crippen molar-refractivity contribution in [3.05, 3.63) is 35.4 Å². The van der Waals surface area contributed by atoms with Gasteiger partial charge in [-0.25, -0.2) is 4.79 Å². The Morgan fingerprint density at radius 2 is 1.74 bits per heavy atom. The van der Waals surface area contributed by atoms with Crippen molar-refractivity contribution in [2.45, 2.75) is 20.3 Å².